The summed E-state index contributed by atoms with van der Waals surface area (Å²) in [6.45, 7) is -8.89. The lowest BCUT2D eigenvalue weighted by Crippen LogP contribution is -2.32. The molecule has 0 spiro atoms. The van der Waals surface area contributed by atoms with Gasteiger partial charge in [0.1, 0.15) is 0 Å². The fourth-order valence-corrected chi connectivity index (χ4v) is 6.13. The van der Waals surface area contributed by atoms with Crippen LogP contribution in [0, 0.1) is 0 Å². The Kier molecular flexibility index (Phi) is 2.90. The van der Waals surface area contributed by atoms with E-state index in [9.17, 15) is 37.0 Å². The molecule has 2 heteroatoms. The zero-order valence-corrected chi connectivity index (χ0v) is 28.4. The number of fused-ring (bicyclic) bond motifs is 3. The van der Waals surface area contributed by atoms with Crippen LogP contribution in [-0.4, -0.2) is 0 Å². The smallest absolute Gasteiger partial charge is 0.0781 e. The van der Waals surface area contributed by atoms with E-state index in [1.165, 1.54) is 0 Å². The highest BCUT2D eigenvalue weighted by Crippen LogP contribution is 2.58. The van der Waals surface area contributed by atoms with E-state index in [0.29, 0.717) is 0 Å². The van der Waals surface area contributed by atoms with Crippen LogP contribution in [0.2, 0.25) is 0 Å². The topological polar surface area (TPSA) is 6.48 Å². The van der Waals surface area contributed by atoms with E-state index in [1.807, 2.05) is 0 Å². The molecular weight excluding hydrogens is 689 g/mol. The van der Waals surface area contributed by atoms with Gasteiger partial charge >= 0.3 is 0 Å². The zero-order valence-electron chi connectivity index (χ0n) is 70.4. The zero-order chi connectivity index (χ0) is 74.7. The minimum Gasteiger partial charge on any atom is -0.308 e. The van der Waals surface area contributed by atoms with Crippen molar-refractivity contribution in [1.29, 1.82) is 0 Å². The maximum Gasteiger partial charge on any atom is 0.0781 e. The van der Waals surface area contributed by atoms with E-state index in [4.69, 9.17) is 20.6 Å². The highest BCUT2D eigenvalue weighted by Gasteiger charge is 2.40. The van der Waals surface area contributed by atoms with Crippen molar-refractivity contribution in [2.45, 2.75) is 19.1 Å². The van der Waals surface area contributed by atoms with Crippen LogP contribution in [-0.2, 0) is 5.41 Å². The third kappa shape index (κ3) is 5.98. The monoisotopic (exact) mass is 773 g/mol. The van der Waals surface area contributed by atoms with E-state index < -0.39 is 326 Å². The Morgan fingerprint density at radius 3 is 1.56 bits per heavy atom. The molecule has 57 heavy (non-hydrogen) atoms. The average Bonchev–Trinajstić information content (AvgIpc) is 0.657. The summed E-state index contributed by atoms with van der Waals surface area (Å²) in [4.78, 5) is 0.172. The first-order valence-corrected chi connectivity index (χ1v) is 16.3. The maximum atomic E-state index is 10.3. The Labute approximate surface area is 394 Å². The van der Waals surface area contributed by atoms with Crippen molar-refractivity contribution in [2.75, 3.05) is 9.80 Å². The molecule has 0 aromatic heterocycles. The molecule has 0 radical (unpaired) electrons. The lowest BCUT2D eigenvalue weighted by atomic mass is 9.70. The second-order valence-corrected chi connectivity index (χ2v) is 11.8. The molecule has 0 fully saturated rings. The van der Waals surface area contributed by atoms with Gasteiger partial charge in [0.25, 0.3) is 0 Å². The molecule has 0 saturated heterocycles. The molecule has 1 aliphatic heterocycles. The summed E-state index contributed by atoms with van der Waals surface area (Å²) in [5.74, 6) is 0. The first-order valence-electron chi connectivity index (χ1n) is 37.3. The number of para-hydroxylation sites is 1. The molecule has 0 atom stereocenters. The van der Waals surface area contributed by atoms with Crippen molar-refractivity contribution < 1.29 is 57.6 Å². The number of hydrogen-bond donors (Lipinski definition) is 0. The summed E-state index contributed by atoms with van der Waals surface area (Å²) in [5.41, 5.74) is -24.3. The number of nitrogens with zero attached hydrogens (tertiary/aromatic N) is 2. The minimum absolute atomic E-state index is 0.0380. The third-order valence-corrected chi connectivity index (χ3v) is 8.54. The van der Waals surface area contributed by atoms with Gasteiger partial charge in [-0.25, -0.2) is 0 Å². The fraction of sp³-hybridized carbons (Fsp3) is 0.0545. The van der Waals surface area contributed by atoms with Crippen LogP contribution in [0.3, 0.4) is 0 Å². The van der Waals surface area contributed by atoms with Gasteiger partial charge in [-0.2, -0.15) is 0 Å². The van der Waals surface area contributed by atoms with E-state index in [0.717, 1.165) is 0 Å². The largest absolute Gasteiger partial charge is 0.308 e. The summed E-state index contributed by atoms with van der Waals surface area (Å²) in [7, 11) is 0. The number of anilines is 6. The van der Waals surface area contributed by atoms with Gasteiger partial charge in [0.05, 0.1) is 72.1 Å². The van der Waals surface area contributed by atoms with Crippen LogP contribution in [0.1, 0.15) is 82.4 Å². The summed E-state index contributed by atoms with van der Waals surface area (Å²) < 4.78 is 389. The lowest BCUT2D eigenvalue weighted by Gasteiger charge is -2.44. The van der Waals surface area contributed by atoms with Crippen LogP contribution in [0.15, 0.2) is 218 Å². The maximum absolute atomic E-state index is 10.3. The van der Waals surface area contributed by atoms with Crippen LogP contribution < -0.4 is 9.80 Å². The van der Waals surface area contributed by atoms with Gasteiger partial charge < -0.3 is 9.80 Å². The molecule has 1 heterocycles. The van der Waals surface area contributed by atoms with Crippen molar-refractivity contribution in [3.05, 3.63) is 229 Å². The normalized spacial score (nSPS) is 23.7. The molecule has 9 aromatic rings. The Morgan fingerprint density at radius 1 is 0.439 bits per heavy atom. The van der Waals surface area contributed by atoms with E-state index in [-0.39, 0.29) is 9.80 Å². The molecule has 0 saturated carbocycles. The summed E-state index contributed by atoms with van der Waals surface area (Å²) in [5, 5.41) is -2.52. The van der Waals surface area contributed by atoms with E-state index in [2.05, 4.69) is 0 Å². The molecule has 0 N–H and O–H groups in total. The number of rotatable bonds is 7. The summed E-state index contributed by atoms with van der Waals surface area (Å²) in [6, 6.07) is -49.2. The van der Waals surface area contributed by atoms with Gasteiger partial charge in [-0.1, -0.05) is 189 Å². The predicted octanol–water partition coefficient (Wildman–Crippen LogP) is 15.4. The van der Waals surface area contributed by atoms with E-state index >= 15 is 0 Å². The summed E-state index contributed by atoms with van der Waals surface area (Å²) in [6.07, 6.45) is 0. The van der Waals surface area contributed by atoms with Crippen LogP contribution in [0.25, 0.3) is 44.2 Å². The van der Waals surface area contributed by atoms with Gasteiger partial charge in [0.2, 0.25) is 0 Å². The molecule has 9 aromatic carbocycles. The van der Waals surface area contributed by atoms with Gasteiger partial charge in [0, 0.05) is 30.4 Å². The van der Waals surface area contributed by atoms with Gasteiger partial charge in [-0.05, 0) is 92.2 Å². The Balaban J connectivity index is 1.63. The standard InChI is InChI=1S/C55H42N2/c1-55(2)49-26-14-15-27-50(49)57(51-28-16-25-47(53(51)55)43-21-10-5-11-22-43)54-48-24-13-12-23-44(48)33-38-52(54)56(45-34-29-41(30-35-45)39-17-6-3-7-18-39)46-36-31-42(32-37-46)40-19-8-4-9-20-40/h3-38H,1-2H3/i1D3,2D3,3D,4D,5D,6D,7D,8D,9D,10D,11D,12D,13D,14D,15D,16D,17D,18D,19D,20D,21D,22D,23D,24D,25D,26D,27D,28D,29D,30D,31D,32D,33D,34D,35D,36D,37D,38D. The Hall–Kier alpha value is -7.16. The first kappa shape index (κ1) is 11.7. The molecule has 10 rings (SSSR count). The molecule has 0 bridgehead atoms. The first-order chi connectivity index (χ1) is 45.5. The van der Waals surface area contributed by atoms with Crippen LogP contribution >= 0.6 is 0 Å². The van der Waals surface area contributed by atoms with Crippen molar-refractivity contribution in [3.8, 4) is 33.4 Å². The van der Waals surface area contributed by atoms with Crippen molar-refractivity contribution in [2.24, 2.45) is 0 Å². The SMILES string of the molecule is [2H]c1c([2H])c([2H])c(-c2c([2H])c([2H])c(N(c3c([2H])c([2H])c(-c4c([2H])c([2H])c([2H])c([2H])c4[2H])c([2H])c3[2H])c3c([2H])c([2H])c4c([2H])c([2H])c([2H])c([2H])c4c3N3c4c([2H])c([2H])c([2H])c([2H])c4C(C([2H])([2H])[2H])(C([2H])([2H])[2H])c4c(-c5c([2H])c([2H])c([2H])c([2H])c5[2H])c([2H])c([2H])c([2H])c43)c([2H])c2[2H])c([2H])c1[2H]. The molecular formula is C55H42N2. The predicted molar refractivity (Wildman–Crippen MR) is 242 cm³/mol. The molecule has 0 unspecified atom stereocenters. The molecule has 2 nitrogen and oxygen atoms in total. The van der Waals surface area contributed by atoms with Gasteiger partial charge in [0.15, 0.2) is 0 Å². The molecule has 1 aliphatic rings. The van der Waals surface area contributed by atoms with Gasteiger partial charge in [-0.3, -0.25) is 0 Å². The quantitative estimate of drug-likeness (QED) is 0.159. The molecule has 0 aliphatic carbocycles. The highest BCUT2D eigenvalue weighted by molar-refractivity contribution is 6.09. The molecule has 0 amide bonds. The van der Waals surface area contributed by atoms with Crippen LogP contribution in [0.4, 0.5) is 34.1 Å². The second-order valence-electron chi connectivity index (χ2n) is 11.8. The Morgan fingerprint density at radius 2 is 0.947 bits per heavy atom. The minimum atomic E-state index is -4.45. The van der Waals surface area contributed by atoms with Crippen LogP contribution in [0.5, 0.6) is 0 Å². The van der Waals surface area contributed by atoms with Gasteiger partial charge in [-0.15, -0.1) is 0 Å². The third-order valence-electron chi connectivity index (χ3n) is 8.54. The van der Waals surface area contributed by atoms with E-state index in [1.54, 1.807) is 0 Å². The van der Waals surface area contributed by atoms with Crippen molar-refractivity contribution >= 4 is 44.9 Å². The lowest BCUT2D eigenvalue weighted by molar-refractivity contribution is 0.634. The Bertz CT molecular complexity index is 4910. The number of hydrogen-bond acceptors (Lipinski definition) is 2. The summed E-state index contributed by atoms with van der Waals surface area (Å²) >= 11 is 0. The average molecular weight is 773 g/mol. The number of benzene rings is 9. The van der Waals surface area contributed by atoms with Crippen molar-refractivity contribution in [3.63, 3.8) is 0 Å². The second kappa shape index (κ2) is 14.2. The molecule has 272 valence electrons. The van der Waals surface area contributed by atoms with Crippen molar-refractivity contribution in [1.82, 2.24) is 0 Å². The highest BCUT2D eigenvalue weighted by atomic mass is 15.2. The fourth-order valence-electron chi connectivity index (χ4n) is 6.13.